The van der Waals surface area contributed by atoms with Gasteiger partial charge in [-0.2, -0.15) is 5.26 Å². The number of carbonyl (C=O) groups excluding carboxylic acids is 1. The minimum Gasteiger partial charge on any atom is -0.376 e. The molecule has 0 atom stereocenters. The Morgan fingerprint density at radius 1 is 1.64 bits per heavy atom. The molecule has 0 unspecified atom stereocenters. The summed E-state index contributed by atoms with van der Waals surface area (Å²) in [4.78, 5) is 10.4. The van der Waals surface area contributed by atoms with Crippen molar-refractivity contribution in [2.45, 2.75) is 0 Å². The van der Waals surface area contributed by atoms with Crippen LogP contribution >= 0.6 is 12.2 Å². The second-order valence-electron chi connectivity index (χ2n) is 1.54. The number of hydrogen-bond acceptors (Lipinski definition) is 3. The molecule has 0 aliphatic heterocycles. The number of thiocarbonyl (C=S) groups is 1. The first-order valence-electron chi connectivity index (χ1n) is 2.54. The smallest absolute Gasteiger partial charge is 0.260 e. The molecule has 0 bridgehead atoms. The van der Waals surface area contributed by atoms with Crippen molar-refractivity contribution >= 4 is 23.2 Å². The molecular formula is C5H6N4OS. The minimum absolute atomic E-state index is 0.0287. The fourth-order valence-corrected chi connectivity index (χ4v) is 0.361. The fourth-order valence-electron chi connectivity index (χ4n) is 0.302. The van der Waals surface area contributed by atoms with Gasteiger partial charge in [0.05, 0.1) is 0 Å². The van der Waals surface area contributed by atoms with E-state index in [1.807, 2.05) is 0 Å². The molecule has 0 radical (unpaired) electrons. The van der Waals surface area contributed by atoms with E-state index in [1.54, 1.807) is 6.07 Å². The van der Waals surface area contributed by atoms with Crippen LogP contribution in [0.4, 0.5) is 0 Å². The Morgan fingerprint density at radius 2 is 2.18 bits per heavy atom. The Bertz CT molecular complexity index is 252. The predicted octanol–water partition coefficient (Wildman–Crippen LogP) is -1.29. The SMILES string of the molecule is N#C/C(=C\NC(N)=S)C(N)=O. The van der Waals surface area contributed by atoms with Crippen molar-refractivity contribution in [3.63, 3.8) is 0 Å². The molecule has 1 amide bonds. The molecule has 0 spiro atoms. The van der Waals surface area contributed by atoms with Crippen LogP contribution in [0.2, 0.25) is 0 Å². The molecule has 0 saturated heterocycles. The van der Waals surface area contributed by atoms with Crippen molar-refractivity contribution in [3.8, 4) is 6.07 Å². The molecule has 0 rings (SSSR count). The molecule has 0 aliphatic rings. The number of nitrogens with zero attached hydrogens (tertiary/aromatic N) is 1. The number of nitrogens with two attached hydrogens (primary N) is 2. The molecule has 0 heterocycles. The standard InChI is InChI=1S/C5H6N4OS/c6-1-3(4(7)10)2-9-5(8)11/h2H,(H2,7,10)(H3,8,9,11)/b3-2+. The zero-order valence-electron chi connectivity index (χ0n) is 5.50. The van der Waals surface area contributed by atoms with Crippen LogP contribution in [-0.2, 0) is 4.79 Å². The molecule has 0 saturated carbocycles. The quantitative estimate of drug-likeness (QED) is 0.272. The first-order valence-corrected chi connectivity index (χ1v) is 2.94. The summed E-state index contributed by atoms with van der Waals surface area (Å²) >= 11 is 4.41. The highest BCUT2D eigenvalue weighted by Crippen LogP contribution is 1.85. The maximum Gasteiger partial charge on any atom is 0.260 e. The molecule has 0 aromatic heterocycles. The van der Waals surface area contributed by atoms with Gasteiger partial charge in [0.1, 0.15) is 11.6 Å². The number of hydrogen-bond donors (Lipinski definition) is 3. The summed E-state index contributed by atoms with van der Waals surface area (Å²) in [6.07, 6.45) is 1.06. The van der Waals surface area contributed by atoms with Gasteiger partial charge in [0.15, 0.2) is 5.11 Å². The van der Waals surface area contributed by atoms with Gasteiger partial charge in [-0.1, -0.05) is 0 Å². The highest BCUT2D eigenvalue weighted by Gasteiger charge is 2.01. The second kappa shape index (κ2) is 4.24. The third-order valence-corrected chi connectivity index (χ3v) is 0.863. The topological polar surface area (TPSA) is 105 Å². The first-order chi connectivity index (χ1) is 5.07. The summed E-state index contributed by atoms with van der Waals surface area (Å²) in [5, 5.41) is 10.5. The largest absolute Gasteiger partial charge is 0.376 e. The fraction of sp³-hybridized carbons (Fsp3) is 0. The van der Waals surface area contributed by atoms with Gasteiger partial charge in [0.25, 0.3) is 5.91 Å². The number of carbonyl (C=O) groups is 1. The zero-order chi connectivity index (χ0) is 8.85. The van der Waals surface area contributed by atoms with Gasteiger partial charge in [-0.25, -0.2) is 0 Å². The molecule has 0 aromatic carbocycles. The Hall–Kier alpha value is -1.61. The molecular weight excluding hydrogens is 164 g/mol. The van der Waals surface area contributed by atoms with E-state index in [-0.39, 0.29) is 10.7 Å². The minimum atomic E-state index is -0.823. The average molecular weight is 170 g/mol. The number of primary amides is 1. The van der Waals surface area contributed by atoms with Gasteiger partial charge in [0.2, 0.25) is 0 Å². The lowest BCUT2D eigenvalue weighted by Gasteiger charge is -1.94. The van der Waals surface area contributed by atoms with Crippen molar-refractivity contribution < 1.29 is 4.79 Å². The van der Waals surface area contributed by atoms with E-state index in [2.05, 4.69) is 17.5 Å². The third kappa shape index (κ3) is 3.89. The van der Waals surface area contributed by atoms with Gasteiger partial charge in [-0.15, -0.1) is 0 Å². The van der Waals surface area contributed by atoms with Crippen LogP contribution in [0.5, 0.6) is 0 Å². The van der Waals surface area contributed by atoms with E-state index in [9.17, 15) is 4.79 Å². The van der Waals surface area contributed by atoms with Crippen molar-refractivity contribution in [3.05, 3.63) is 11.8 Å². The van der Waals surface area contributed by atoms with Crippen LogP contribution in [0.3, 0.4) is 0 Å². The third-order valence-electron chi connectivity index (χ3n) is 0.745. The van der Waals surface area contributed by atoms with Crippen molar-refractivity contribution in [1.82, 2.24) is 5.32 Å². The number of amides is 1. The lowest BCUT2D eigenvalue weighted by Crippen LogP contribution is -2.26. The first kappa shape index (κ1) is 9.39. The van der Waals surface area contributed by atoms with E-state index >= 15 is 0 Å². The predicted molar refractivity (Wildman–Crippen MR) is 42.8 cm³/mol. The van der Waals surface area contributed by atoms with Crippen LogP contribution < -0.4 is 16.8 Å². The van der Waals surface area contributed by atoms with E-state index in [4.69, 9.17) is 16.7 Å². The molecule has 0 aliphatic carbocycles. The van der Waals surface area contributed by atoms with Crippen LogP contribution in [0.15, 0.2) is 11.8 Å². The number of rotatable bonds is 2. The van der Waals surface area contributed by atoms with E-state index in [0.29, 0.717) is 0 Å². The monoisotopic (exact) mass is 170 g/mol. The Morgan fingerprint density at radius 3 is 2.45 bits per heavy atom. The van der Waals surface area contributed by atoms with Gasteiger partial charge in [-0.05, 0) is 12.2 Å². The van der Waals surface area contributed by atoms with Crippen molar-refractivity contribution in [2.24, 2.45) is 11.5 Å². The maximum atomic E-state index is 10.4. The van der Waals surface area contributed by atoms with Crippen molar-refractivity contribution in [1.29, 1.82) is 5.26 Å². The summed E-state index contributed by atoms with van der Waals surface area (Å²) in [7, 11) is 0. The van der Waals surface area contributed by atoms with Crippen molar-refractivity contribution in [2.75, 3.05) is 0 Å². The lowest BCUT2D eigenvalue weighted by molar-refractivity contribution is -0.114. The van der Waals surface area contributed by atoms with Gasteiger partial charge in [0, 0.05) is 6.20 Å². The Kier molecular flexibility index (Phi) is 3.62. The Labute approximate surface area is 68.7 Å². The van der Waals surface area contributed by atoms with Crippen LogP contribution in [0.25, 0.3) is 0 Å². The zero-order valence-corrected chi connectivity index (χ0v) is 6.31. The average Bonchev–Trinajstić information content (AvgIpc) is 1.87. The summed E-state index contributed by atoms with van der Waals surface area (Å²) < 4.78 is 0. The molecule has 0 fully saturated rings. The van der Waals surface area contributed by atoms with E-state index < -0.39 is 5.91 Å². The summed E-state index contributed by atoms with van der Waals surface area (Å²) in [6, 6.07) is 1.57. The molecule has 6 heteroatoms. The second-order valence-corrected chi connectivity index (χ2v) is 1.98. The van der Waals surface area contributed by atoms with Gasteiger partial charge >= 0.3 is 0 Å². The number of nitriles is 1. The Balaban J connectivity index is 4.28. The van der Waals surface area contributed by atoms with E-state index in [1.165, 1.54) is 0 Å². The van der Waals surface area contributed by atoms with Crippen LogP contribution in [0.1, 0.15) is 0 Å². The molecule has 11 heavy (non-hydrogen) atoms. The normalized spacial score (nSPS) is 9.91. The molecule has 0 aromatic rings. The number of nitrogens with one attached hydrogen (secondary N) is 1. The van der Waals surface area contributed by atoms with Gasteiger partial charge < -0.3 is 16.8 Å². The highest BCUT2D eigenvalue weighted by atomic mass is 32.1. The summed E-state index contributed by atoms with van der Waals surface area (Å²) in [6.45, 7) is 0. The highest BCUT2D eigenvalue weighted by molar-refractivity contribution is 7.80. The molecule has 5 nitrogen and oxygen atoms in total. The maximum absolute atomic E-state index is 10.4. The summed E-state index contributed by atoms with van der Waals surface area (Å²) in [5.74, 6) is -0.823. The van der Waals surface area contributed by atoms with Crippen LogP contribution in [-0.4, -0.2) is 11.0 Å². The lowest BCUT2D eigenvalue weighted by atomic mass is 10.3. The summed E-state index contributed by atoms with van der Waals surface area (Å²) in [5.41, 5.74) is 9.57. The van der Waals surface area contributed by atoms with Crippen LogP contribution in [0, 0.1) is 11.3 Å². The van der Waals surface area contributed by atoms with Gasteiger partial charge in [-0.3, -0.25) is 4.79 Å². The molecule has 58 valence electrons. The molecule has 5 N–H and O–H groups in total. The van der Waals surface area contributed by atoms with E-state index in [0.717, 1.165) is 6.20 Å².